The molecule has 0 aliphatic heterocycles. The smallest absolute Gasteiger partial charge is 0.164 e. The quantitative estimate of drug-likeness (QED) is 0.397. The molecule has 102 valence electrons. The largest absolute Gasteiger partial charge is 0.352 e. The zero-order valence-electron chi connectivity index (χ0n) is 11.6. The predicted molar refractivity (Wildman–Crippen MR) is 72.2 cm³/mol. The third kappa shape index (κ3) is 3.79. The van der Waals surface area contributed by atoms with Crippen LogP contribution in [-0.2, 0) is 14.3 Å². The van der Waals surface area contributed by atoms with E-state index in [2.05, 4.69) is 6.58 Å². The second-order valence-electron chi connectivity index (χ2n) is 4.71. The van der Waals surface area contributed by atoms with E-state index in [0.717, 1.165) is 30.3 Å². The van der Waals surface area contributed by atoms with E-state index < -0.39 is 0 Å². The van der Waals surface area contributed by atoms with Crippen molar-refractivity contribution < 1.29 is 14.3 Å². The highest BCUT2D eigenvalue weighted by atomic mass is 16.7. The molecule has 1 aliphatic rings. The lowest BCUT2D eigenvalue weighted by molar-refractivity contribution is -0.166. The molecular weight excluding hydrogens is 228 g/mol. The Bertz CT molecular complexity index is 314. The van der Waals surface area contributed by atoms with E-state index in [-0.39, 0.29) is 12.2 Å². The Morgan fingerprint density at radius 1 is 1.50 bits per heavy atom. The monoisotopic (exact) mass is 252 g/mol. The minimum absolute atomic E-state index is 0.0938. The van der Waals surface area contributed by atoms with E-state index in [1.54, 1.807) is 0 Å². The maximum Gasteiger partial charge on any atom is 0.164 e. The normalized spacial score (nSPS) is 23.9. The van der Waals surface area contributed by atoms with Crippen molar-refractivity contribution >= 4 is 6.29 Å². The van der Waals surface area contributed by atoms with Gasteiger partial charge in [-0.25, -0.2) is 0 Å². The highest BCUT2D eigenvalue weighted by molar-refractivity contribution is 5.73. The van der Waals surface area contributed by atoms with Crippen LogP contribution < -0.4 is 0 Å². The fourth-order valence-corrected chi connectivity index (χ4v) is 2.50. The van der Waals surface area contributed by atoms with Crippen LogP contribution in [0.2, 0.25) is 0 Å². The zero-order valence-corrected chi connectivity index (χ0v) is 11.6. The molecule has 0 amide bonds. The van der Waals surface area contributed by atoms with Crippen LogP contribution in [0.4, 0.5) is 0 Å². The van der Waals surface area contributed by atoms with Crippen LogP contribution in [-0.4, -0.2) is 25.8 Å². The molecule has 1 rings (SSSR count). The first-order chi connectivity index (χ1) is 8.63. The van der Waals surface area contributed by atoms with Gasteiger partial charge in [0, 0.05) is 19.1 Å². The maximum absolute atomic E-state index is 10.9. The highest BCUT2D eigenvalue weighted by Gasteiger charge is 2.32. The molecule has 0 radical (unpaired) electrons. The molecule has 0 aromatic rings. The molecule has 2 atom stereocenters. The number of carbonyl (C=O) groups is 1. The third-order valence-electron chi connectivity index (χ3n) is 3.38. The van der Waals surface area contributed by atoms with Crippen molar-refractivity contribution in [1.29, 1.82) is 0 Å². The Balaban J connectivity index is 2.93. The minimum atomic E-state index is -0.281. The van der Waals surface area contributed by atoms with Crippen molar-refractivity contribution in [3.63, 3.8) is 0 Å². The summed E-state index contributed by atoms with van der Waals surface area (Å²) in [6.45, 7) is 11.2. The highest BCUT2D eigenvalue weighted by Crippen LogP contribution is 2.36. The van der Waals surface area contributed by atoms with E-state index in [4.69, 9.17) is 9.47 Å². The molecule has 2 unspecified atom stereocenters. The van der Waals surface area contributed by atoms with Gasteiger partial charge in [-0.3, -0.25) is 4.79 Å². The topological polar surface area (TPSA) is 35.5 Å². The van der Waals surface area contributed by atoms with Crippen LogP contribution in [0.25, 0.3) is 0 Å². The second-order valence-corrected chi connectivity index (χ2v) is 4.71. The van der Waals surface area contributed by atoms with Gasteiger partial charge in [0.05, 0.1) is 0 Å². The first-order valence-corrected chi connectivity index (χ1v) is 6.68. The molecule has 3 heteroatoms. The number of allylic oxidation sites excluding steroid dienone is 2. The molecule has 18 heavy (non-hydrogen) atoms. The van der Waals surface area contributed by atoms with Crippen LogP contribution >= 0.6 is 0 Å². The maximum atomic E-state index is 10.9. The summed E-state index contributed by atoms with van der Waals surface area (Å²) in [6.07, 6.45) is 4.43. The average molecular weight is 252 g/mol. The van der Waals surface area contributed by atoms with Crippen LogP contribution in [0.1, 0.15) is 33.6 Å². The Hall–Kier alpha value is -0.930. The van der Waals surface area contributed by atoms with Gasteiger partial charge in [-0.05, 0) is 45.1 Å². The van der Waals surface area contributed by atoms with E-state index >= 15 is 0 Å². The SMILES string of the molecule is C=C(C)C1CCC(C=O)=CC1C(OCC)OCC. The van der Waals surface area contributed by atoms with Crippen LogP contribution in [0, 0.1) is 11.8 Å². The summed E-state index contributed by atoms with van der Waals surface area (Å²) >= 11 is 0. The molecule has 0 saturated heterocycles. The van der Waals surface area contributed by atoms with Gasteiger partial charge in [-0.2, -0.15) is 0 Å². The molecule has 1 aliphatic carbocycles. The molecule has 0 heterocycles. The molecule has 0 fully saturated rings. The number of hydrogen-bond donors (Lipinski definition) is 0. The number of ether oxygens (including phenoxy) is 2. The van der Waals surface area contributed by atoms with Crippen molar-refractivity contribution in [3.8, 4) is 0 Å². The van der Waals surface area contributed by atoms with E-state index in [0.29, 0.717) is 19.1 Å². The predicted octanol–water partition coefficient (Wildman–Crippen LogP) is 3.11. The van der Waals surface area contributed by atoms with Crippen LogP contribution in [0.15, 0.2) is 23.8 Å². The van der Waals surface area contributed by atoms with Crippen molar-refractivity contribution in [1.82, 2.24) is 0 Å². The first-order valence-electron chi connectivity index (χ1n) is 6.68. The number of carbonyl (C=O) groups excluding carboxylic acids is 1. The van der Waals surface area contributed by atoms with Gasteiger partial charge in [0.1, 0.15) is 6.29 Å². The molecule has 0 saturated carbocycles. The molecule has 0 bridgehead atoms. The summed E-state index contributed by atoms with van der Waals surface area (Å²) in [6, 6.07) is 0. The van der Waals surface area contributed by atoms with Crippen molar-refractivity contribution in [2.24, 2.45) is 11.8 Å². The van der Waals surface area contributed by atoms with Gasteiger partial charge < -0.3 is 9.47 Å². The Kier molecular flexibility index (Phi) is 6.30. The lowest BCUT2D eigenvalue weighted by atomic mass is 9.77. The molecular formula is C15H24O3. The van der Waals surface area contributed by atoms with Crippen molar-refractivity contribution in [2.75, 3.05) is 13.2 Å². The van der Waals surface area contributed by atoms with E-state index in [1.165, 1.54) is 0 Å². The first kappa shape index (κ1) is 15.1. The average Bonchev–Trinajstić information content (AvgIpc) is 2.37. The molecule has 0 aromatic carbocycles. The molecule has 0 aromatic heterocycles. The lowest BCUT2D eigenvalue weighted by Gasteiger charge is -2.34. The fraction of sp³-hybridized carbons (Fsp3) is 0.667. The number of hydrogen-bond acceptors (Lipinski definition) is 3. The lowest BCUT2D eigenvalue weighted by Crippen LogP contribution is -2.34. The summed E-state index contributed by atoms with van der Waals surface area (Å²) in [7, 11) is 0. The van der Waals surface area contributed by atoms with Crippen molar-refractivity contribution in [3.05, 3.63) is 23.8 Å². The van der Waals surface area contributed by atoms with Gasteiger partial charge in [0.2, 0.25) is 0 Å². The summed E-state index contributed by atoms with van der Waals surface area (Å²) in [5, 5.41) is 0. The summed E-state index contributed by atoms with van der Waals surface area (Å²) in [5.41, 5.74) is 1.98. The Morgan fingerprint density at radius 2 is 2.11 bits per heavy atom. The fourth-order valence-electron chi connectivity index (χ4n) is 2.50. The van der Waals surface area contributed by atoms with Gasteiger partial charge >= 0.3 is 0 Å². The molecule has 3 nitrogen and oxygen atoms in total. The van der Waals surface area contributed by atoms with Crippen LogP contribution in [0.5, 0.6) is 0 Å². The van der Waals surface area contributed by atoms with Gasteiger partial charge in [-0.1, -0.05) is 18.2 Å². The van der Waals surface area contributed by atoms with Crippen molar-refractivity contribution in [2.45, 2.75) is 39.9 Å². The Labute approximate surface area is 110 Å². The summed E-state index contributed by atoms with van der Waals surface area (Å²) in [4.78, 5) is 10.9. The third-order valence-corrected chi connectivity index (χ3v) is 3.38. The molecule has 0 spiro atoms. The van der Waals surface area contributed by atoms with Gasteiger partial charge in [0.25, 0.3) is 0 Å². The van der Waals surface area contributed by atoms with E-state index in [9.17, 15) is 4.79 Å². The zero-order chi connectivity index (χ0) is 13.5. The van der Waals surface area contributed by atoms with E-state index in [1.807, 2.05) is 26.8 Å². The minimum Gasteiger partial charge on any atom is -0.352 e. The number of aldehydes is 1. The molecule has 0 N–H and O–H groups in total. The summed E-state index contributed by atoms with van der Waals surface area (Å²) in [5.74, 6) is 0.424. The Morgan fingerprint density at radius 3 is 2.56 bits per heavy atom. The second kappa shape index (κ2) is 7.49. The van der Waals surface area contributed by atoms with Gasteiger partial charge in [0.15, 0.2) is 6.29 Å². The summed E-state index contributed by atoms with van der Waals surface area (Å²) < 4.78 is 11.3. The van der Waals surface area contributed by atoms with Crippen LogP contribution in [0.3, 0.4) is 0 Å². The standard InChI is InChI=1S/C15H24O3/c1-5-17-15(18-6-2)14-9-12(10-16)7-8-13(14)11(3)4/h9-10,13-15H,3,5-8H2,1-2,4H3. The number of rotatable bonds is 7. The van der Waals surface area contributed by atoms with Gasteiger partial charge in [-0.15, -0.1) is 0 Å².